The fourth-order valence-corrected chi connectivity index (χ4v) is 4.23. The van der Waals surface area contributed by atoms with Crippen molar-refractivity contribution in [3.63, 3.8) is 0 Å². The highest BCUT2D eigenvalue weighted by Gasteiger charge is 2.22. The zero-order chi connectivity index (χ0) is 23.2. The third-order valence-electron chi connectivity index (χ3n) is 5.20. The standard InChI is InChI=1S/C25H24FN5OS/c1-17(20-10-12-22(26)13-11-20)28-24(32)18(2)33-25-30-29-23(21-9-6-14-27-15-21)31(25)16-19-7-4-3-5-8-19/h3-15,17-18H,16H2,1-2H3,(H,28,32)/t17-,18+/m0/s1. The summed E-state index contributed by atoms with van der Waals surface area (Å²) in [5.41, 5.74) is 2.80. The van der Waals surface area contributed by atoms with Crippen molar-refractivity contribution in [2.75, 3.05) is 0 Å². The summed E-state index contributed by atoms with van der Waals surface area (Å²) in [5.74, 6) is 0.263. The van der Waals surface area contributed by atoms with E-state index in [4.69, 9.17) is 0 Å². The summed E-state index contributed by atoms with van der Waals surface area (Å²) < 4.78 is 15.2. The van der Waals surface area contributed by atoms with Gasteiger partial charge in [0.05, 0.1) is 17.8 Å². The minimum atomic E-state index is -0.409. The van der Waals surface area contributed by atoms with Crippen LogP contribution in [0.1, 0.15) is 31.0 Å². The van der Waals surface area contributed by atoms with Gasteiger partial charge in [-0.1, -0.05) is 54.2 Å². The Morgan fingerprint density at radius 3 is 2.48 bits per heavy atom. The minimum absolute atomic E-state index is 0.131. The first-order valence-electron chi connectivity index (χ1n) is 10.6. The number of hydrogen-bond acceptors (Lipinski definition) is 5. The Morgan fingerprint density at radius 1 is 1.03 bits per heavy atom. The number of nitrogens with one attached hydrogen (secondary N) is 1. The van der Waals surface area contributed by atoms with E-state index in [-0.39, 0.29) is 17.8 Å². The summed E-state index contributed by atoms with van der Waals surface area (Å²) in [4.78, 5) is 17.1. The molecular weight excluding hydrogens is 437 g/mol. The molecule has 6 nitrogen and oxygen atoms in total. The van der Waals surface area contributed by atoms with Crippen molar-refractivity contribution in [2.24, 2.45) is 0 Å². The van der Waals surface area contributed by atoms with E-state index in [2.05, 4.69) is 20.5 Å². The van der Waals surface area contributed by atoms with Gasteiger partial charge in [0.25, 0.3) is 0 Å². The Labute approximate surface area is 196 Å². The van der Waals surface area contributed by atoms with E-state index in [1.807, 2.05) is 60.9 Å². The van der Waals surface area contributed by atoms with Gasteiger partial charge < -0.3 is 5.32 Å². The maximum atomic E-state index is 13.2. The molecule has 0 bridgehead atoms. The van der Waals surface area contributed by atoms with Crippen molar-refractivity contribution in [1.29, 1.82) is 0 Å². The molecule has 4 rings (SSSR count). The lowest BCUT2D eigenvalue weighted by Gasteiger charge is -2.18. The van der Waals surface area contributed by atoms with E-state index < -0.39 is 5.25 Å². The second-order valence-electron chi connectivity index (χ2n) is 7.66. The molecule has 2 aromatic heterocycles. The van der Waals surface area contributed by atoms with Gasteiger partial charge >= 0.3 is 0 Å². The molecule has 0 aliphatic rings. The molecule has 0 saturated heterocycles. The number of pyridine rings is 1. The first-order valence-corrected chi connectivity index (χ1v) is 11.5. The highest BCUT2D eigenvalue weighted by molar-refractivity contribution is 8.00. The van der Waals surface area contributed by atoms with Gasteiger partial charge in [-0.25, -0.2) is 4.39 Å². The highest BCUT2D eigenvalue weighted by atomic mass is 32.2. The molecule has 0 radical (unpaired) electrons. The van der Waals surface area contributed by atoms with Crippen LogP contribution in [0.4, 0.5) is 4.39 Å². The summed E-state index contributed by atoms with van der Waals surface area (Å²) >= 11 is 1.35. The molecule has 33 heavy (non-hydrogen) atoms. The first kappa shape index (κ1) is 22.7. The van der Waals surface area contributed by atoms with E-state index >= 15 is 0 Å². The van der Waals surface area contributed by atoms with Crippen molar-refractivity contribution < 1.29 is 9.18 Å². The van der Waals surface area contributed by atoms with Crippen LogP contribution in [0.15, 0.2) is 84.3 Å². The third kappa shape index (κ3) is 5.64. The Balaban J connectivity index is 1.53. The molecule has 4 aromatic rings. The molecule has 168 valence electrons. The molecule has 0 aliphatic carbocycles. The van der Waals surface area contributed by atoms with Crippen molar-refractivity contribution in [1.82, 2.24) is 25.1 Å². The summed E-state index contributed by atoms with van der Waals surface area (Å²) in [6.45, 7) is 4.28. The maximum Gasteiger partial charge on any atom is 0.233 e. The Hall–Kier alpha value is -3.52. The number of thioether (sulfide) groups is 1. The maximum absolute atomic E-state index is 13.2. The van der Waals surface area contributed by atoms with Crippen LogP contribution in [0.2, 0.25) is 0 Å². The van der Waals surface area contributed by atoms with Crippen molar-refractivity contribution >= 4 is 17.7 Å². The van der Waals surface area contributed by atoms with Gasteiger partial charge in [0.15, 0.2) is 11.0 Å². The normalized spacial score (nSPS) is 12.8. The predicted molar refractivity (Wildman–Crippen MR) is 127 cm³/mol. The molecule has 2 aromatic carbocycles. The fourth-order valence-electron chi connectivity index (χ4n) is 3.37. The largest absolute Gasteiger partial charge is 0.349 e. The number of hydrogen-bond donors (Lipinski definition) is 1. The molecule has 1 N–H and O–H groups in total. The average molecular weight is 462 g/mol. The minimum Gasteiger partial charge on any atom is -0.349 e. The molecule has 0 aliphatic heterocycles. The van der Waals surface area contributed by atoms with Crippen LogP contribution < -0.4 is 5.32 Å². The predicted octanol–water partition coefficient (Wildman–Crippen LogP) is 4.89. The molecule has 0 spiro atoms. The van der Waals surface area contributed by atoms with Crippen LogP contribution in [-0.2, 0) is 11.3 Å². The molecular formula is C25H24FN5OS. The Kier molecular flexibility index (Phi) is 7.14. The Morgan fingerprint density at radius 2 is 1.79 bits per heavy atom. The third-order valence-corrected chi connectivity index (χ3v) is 6.28. The average Bonchev–Trinajstić information content (AvgIpc) is 3.22. The smallest absolute Gasteiger partial charge is 0.233 e. The number of carbonyl (C=O) groups excluding carboxylic acids is 1. The topological polar surface area (TPSA) is 72.7 Å². The second kappa shape index (κ2) is 10.4. The molecule has 0 unspecified atom stereocenters. The van der Waals surface area contributed by atoms with Gasteiger partial charge in [0, 0.05) is 18.0 Å². The summed E-state index contributed by atoms with van der Waals surface area (Å²) in [5, 5.41) is 12.0. The van der Waals surface area contributed by atoms with Crippen LogP contribution in [0.5, 0.6) is 0 Å². The van der Waals surface area contributed by atoms with Crippen molar-refractivity contribution in [3.05, 3.63) is 96.1 Å². The number of halogens is 1. The molecule has 8 heteroatoms. The second-order valence-corrected chi connectivity index (χ2v) is 8.97. The number of rotatable bonds is 8. The molecule has 0 saturated carbocycles. The SMILES string of the molecule is C[C@H](NC(=O)[C@@H](C)Sc1nnc(-c2cccnc2)n1Cc1ccccc1)c1ccc(F)cc1. The quantitative estimate of drug-likeness (QED) is 0.379. The lowest BCUT2D eigenvalue weighted by molar-refractivity contribution is -0.120. The molecule has 2 heterocycles. The number of aromatic nitrogens is 4. The van der Waals surface area contributed by atoms with E-state index in [1.165, 1.54) is 23.9 Å². The van der Waals surface area contributed by atoms with E-state index in [0.717, 1.165) is 16.7 Å². The van der Waals surface area contributed by atoms with Crippen LogP contribution in [-0.4, -0.2) is 30.9 Å². The number of carbonyl (C=O) groups is 1. The van der Waals surface area contributed by atoms with E-state index in [1.54, 1.807) is 24.5 Å². The zero-order valence-corrected chi connectivity index (χ0v) is 19.2. The van der Waals surface area contributed by atoms with Gasteiger partial charge in [0.1, 0.15) is 5.82 Å². The van der Waals surface area contributed by atoms with Crippen LogP contribution in [0, 0.1) is 5.82 Å². The molecule has 1 amide bonds. The van der Waals surface area contributed by atoms with Gasteiger partial charge in [0.2, 0.25) is 5.91 Å². The van der Waals surface area contributed by atoms with Gasteiger partial charge in [-0.3, -0.25) is 14.3 Å². The van der Waals surface area contributed by atoms with Crippen LogP contribution in [0.25, 0.3) is 11.4 Å². The molecule has 0 fully saturated rings. The first-order chi connectivity index (χ1) is 16.0. The number of amides is 1. The van der Waals surface area contributed by atoms with Gasteiger partial charge in [-0.15, -0.1) is 10.2 Å². The molecule has 2 atom stereocenters. The lowest BCUT2D eigenvalue weighted by atomic mass is 10.1. The van der Waals surface area contributed by atoms with Crippen LogP contribution in [0.3, 0.4) is 0 Å². The fraction of sp³-hybridized carbons (Fsp3) is 0.200. The summed E-state index contributed by atoms with van der Waals surface area (Å²) in [7, 11) is 0. The van der Waals surface area contributed by atoms with E-state index in [0.29, 0.717) is 17.5 Å². The van der Waals surface area contributed by atoms with E-state index in [9.17, 15) is 9.18 Å². The monoisotopic (exact) mass is 461 g/mol. The summed E-state index contributed by atoms with van der Waals surface area (Å²) in [6, 6.07) is 19.7. The van der Waals surface area contributed by atoms with Gasteiger partial charge in [-0.2, -0.15) is 0 Å². The van der Waals surface area contributed by atoms with Crippen molar-refractivity contribution in [2.45, 2.75) is 36.8 Å². The lowest BCUT2D eigenvalue weighted by Crippen LogP contribution is -2.33. The number of nitrogens with zero attached hydrogens (tertiary/aromatic N) is 4. The van der Waals surface area contributed by atoms with Gasteiger partial charge in [-0.05, 0) is 49.2 Å². The van der Waals surface area contributed by atoms with Crippen molar-refractivity contribution in [3.8, 4) is 11.4 Å². The number of benzene rings is 2. The summed E-state index contributed by atoms with van der Waals surface area (Å²) in [6.07, 6.45) is 3.46. The highest BCUT2D eigenvalue weighted by Crippen LogP contribution is 2.28. The Bertz CT molecular complexity index is 1200. The van der Waals surface area contributed by atoms with Crippen LogP contribution >= 0.6 is 11.8 Å². The zero-order valence-electron chi connectivity index (χ0n) is 18.4.